The number of nitro benzene ring substituents is 1. The summed E-state index contributed by atoms with van der Waals surface area (Å²) in [6.45, 7) is 0. The number of benzene rings is 2. The molecule has 0 atom stereocenters. The van der Waals surface area contributed by atoms with Crippen LogP contribution >= 0.6 is 0 Å². The van der Waals surface area contributed by atoms with Crippen LogP contribution in [0.3, 0.4) is 0 Å². The van der Waals surface area contributed by atoms with Crippen LogP contribution in [-0.2, 0) is 9.59 Å². The van der Waals surface area contributed by atoms with E-state index in [0.29, 0.717) is 22.0 Å². The van der Waals surface area contributed by atoms with Crippen molar-refractivity contribution >= 4 is 50.5 Å². The molecule has 0 unspecified atom stereocenters. The highest BCUT2D eigenvalue weighted by atomic mass is 16.6. The van der Waals surface area contributed by atoms with Crippen molar-refractivity contribution in [1.29, 1.82) is 0 Å². The van der Waals surface area contributed by atoms with Crippen LogP contribution in [0.15, 0.2) is 54.9 Å². The van der Waals surface area contributed by atoms with Crippen LogP contribution in [0, 0.1) is 10.1 Å². The monoisotopic (exact) mass is 372 g/mol. The van der Waals surface area contributed by atoms with E-state index in [4.69, 9.17) is 0 Å². The van der Waals surface area contributed by atoms with E-state index in [2.05, 4.69) is 15.3 Å². The van der Waals surface area contributed by atoms with Crippen molar-refractivity contribution in [3.05, 3.63) is 76.1 Å². The Morgan fingerprint density at radius 2 is 1.43 bits per heavy atom. The number of aromatic nitrogens is 2. The van der Waals surface area contributed by atoms with E-state index < -0.39 is 16.7 Å². The smallest absolute Gasteiger partial charge is 0.279 e. The summed E-state index contributed by atoms with van der Waals surface area (Å²) in [4.78, 5) is 42.4. The zero-order valence-corrected chi connectivity index (χ0v) is 14.3. The standard InChI is InChI=1S/C20H12N4O4/c25-19-17(11-8-21-13-5-2-1-4-10(11)13)18(20(26)23-19)12-9-22-14-6-3-7-15(16(12)14)24(27)28/h1-9,21-22H,(H,23,25,26). The van der Waals surface area contributed by atoms with Gasteiger partial charge in [-0.2, -0.15) is 0 Å². The van der Waals surface area contributed by atoms with Gasteiger partial charge in [-0.3, -0.25) is 25.0 Å². The summed E-state index contributed by atoms with van der Waals surface area (Å²) in [5.74, 6) is -1.11. The van der Waals surface area contributed by atoms with Crippen molar-refractivity contribution in [1.82, 2.24) is 15.3 Å². The number of para-hydroxylation sites is 1. The van der Waals surface area contributed by atoms with E-state index in [9.17, 15) is 19.7 Å². The Labute approximate surface area is 157 Å². The van der Waals surface area contributed by atoms with E-state index in [-0.39, 0.29) is 16.8 Å². The maximum atomic E-state index is 12.7. The van der Waals surface area contributed by atoms with Gasteiger partial charge in [0.2, 0.25) is 0 Å². The molecule has 0 spiro atoms. The van der Waals surface area contributed by atoms with Gasteiger partial charge in [0.1, 0.15) is 0 Å². The van der Waals surface area contributed by atoms with Crippen molar-refractivity contribution < 1.29 is 14.5 Å². The zero-order valence-electron chi connectivity index (χ0n) is 14.3. The van der Waals surface area contributed by atoms with E-state index in [1.54, 1.807) is 18.3 Å². The van der Waals surface area contributed by atoms with Gasteiger partial charge in [0.25, 0.3) is 17.5 Å². The van der Waals surface area contributed by atoms with Gasteiger partial charge in [0, 0.05) is 40.5 Å². The zero-order chi connectivity index (χ0) is 19.4. The molecule has 1 aliphatic heterocycles. The summed E-state index contributed by atoms with van der Waals surface area (Å²) in [5, 5.41) is 14.9. The predicted molar refractivity (Wildman–Crippen MR) is 103 cm³/mol. The van der Waals surface area contributed by atoms with Gasteiger partial charge >= 0.3 is 0 Å². The van der Waals surface area contributed by atoms with Gasteiger partial charge < -0.3 is 9.97 Å². The van der Waals surface area contributed by atoms with Crippen LogP contribution in [0.2, 0.25) is 0 Å². The number of imide groups is 1. The molecule has 28 heavy (non-hydrogen) atoms. The molecule has 136 valence electrons. The van der Waals surface area contributed by atoms with Crippen LogP contribution in [0.4, 0.5) is 5.69 Å². The number of H-pyrrole nitrogens is 2. The number of amides is 2. The molecule has 8 nitrogen and oxygen atoms in total. The molecule has 5 rings (SSSR count). The number of hydrogen-bond acceptors (Lipinski definition) is 4. The van der Waals surface area contributed by atoms with E-state index >= 15 is 0 Å². The Balaban J connectivity index is 1.87. The van der Waals surface area contributed by atoms with Crippen molar-refractivity contribution in [2.45, 2.75) is 0 Å². The Kier molecular flexibility index (Phi) is 3.23. The lowest BCUT2D eigenvalue weighted by Crippen LogP contribution is -2.22. The van der Waals surface area contributed by atoms with Crippen molar-refractivity contribution in [2.75, 3.05) is 0 Å². The first-order valence-electron chi connectivity index (χ1n) is 8.47. The molecule has 3 heterocycles. The predicted octanol–water partition coefficient (Wildman–Crippen LogP) is 3.12. The minimum atomic E-state index is -0.579. The van der Waals surface area contributed by atoms with E-state index in [0.717, 1.165) is 10.9 Å². The highest BCUT2D eigenvalue weighted by molar-refractivity contribution is 6.51. The van der Waals surface area contributed by atoms with Crippen LogP contribution < -0.4 is 5.32 Å². The van der Waals surface area contributed by atoms with Crippen molar-refractivity contribution in [3.63, 3.8) is 0 Å². The molecule has 0 saturated carbocycles. The summed E-state index contributed by atoms with van der Waals surface area (Å²) in [5.41, 5.74) is 2.42. The number of aromatic amines is 2. The quantitative estimate of drug-likeness (QED) is 0.291. The number of rotatable bonds is 3. The molecule has 3 N–H and O–H groups in total. The number of nitrogens with zero attached hydrogens (tertiary/aromatic N) is 1. The summed E-state index contributed by atoms with van der Waals surface area (Å²) in [6.07, 6.45) is 3.20. The molecule has 0 saturated heterocycles. The van der Waals surface area contributed by atoms with Gasteiger partial charge in [0.15, 0.2) is 0 Å². The number of fused-ring (bicyclic) bond motifs is 2. The Morgan fingerprint density at radius 1 is 0.786 bits per heavy atom. The minimum absolute atomic E-state index is 0.121. The highest BCUT2D eigenvalue weighted by Gasteiger charge is 2.35. The molecule has 2 aromatic carbocycles. The molecule has 0 aliphatic carbocycles. The minimum Gasteiger partial charge on any atom is -0.361 e. The average Bonchev–Trinajstić information content (AvgIpc) is 3.36. The summed E-state index contributed by atoms with van der Waals surface area (Å²) < 4.78 is 0. The van der Waals surface area contributed by atoms with Gasteiger partial charge in [-0.05, 0) is 12.1 Å². The third kappa shape index (κ3) is 2.11. The molecule has 0 fully saturated rings. The average molecular weight is 372 g/mol. The Hall–Kier alpha value is -4.20. The van der Waals surface area contributed by atoms with Crippen LogP contribution in [0.1, 0.15) is 11.1 Å². The number of nitrogens with one attached hydrogen (secondary N) is 3. The van der Waals surface area contributed by atoms with Crippen LogP contribution in [-0.4, -0.2) is 26.7 Å². The summed E-state index contributed by atoms with van der Waals surface area (Å²) >= 11 is 0. The molecule has 0 bridgehead atoms. The maximum Gasteiger partial charge on any atom is 0.279 e. The molecule has 2 amide bonds. The molecule has 2 aromatic heterocycles. The number of non-ortho nitro benzene ring substituents is 1. The number of carbonyl (C=O) groups excluding carboxylic acids is 2. The maximum absolute atomic E-state index is 12.7. The molecule has 8 heteroatoms. The second-order valence-electron chi connectivity index (χ2n) is 6.44. The Morgan fingerprint density at radius 3 is 2.21 bits per heavy atom. The molecule has 1 aliphatic rings. The number of carbonyl (C=O) groups is 2. The first-order valence-corrected chi connectivity index (χ1v) is 8.47. The lowest BCUT2D eigenvalue weighted by atomic mass is 9.95. The van der Waals surface area contributed by atoms with Crippen LogP contribution in [0.25, 0.3) is 33.0 Å². The van der Waals surface area contributed by atoms with Crippen molar-refractivity contribution in [2.24, 2.45) is 0 Å². The summed E-state index contributed by atoms with van der Waals surface area (Å²) in [6, 6.07) is 12.0. The third-order valence-corrected chi connectivity index (χ3v) is 4.94. The fourth-order valence-electron chi connectivity index (χ4n) is 3.76. The second kappa shape index (κ2) is 5.65. The summed E-state index contributed by atoms with van der Waals surface area (Å²) in [7, 11) is 0. The first-order chi connectivity index (χ1) is 13.6. The van der Waals surface area contributed by atoms with Gasteiger partial charge in [-0.1, -0.05) is 24.3 Å². The second-order valence-corrected chi connectivity index (χ2v) is 6.44. The molecular weight excluding hydrogens is 360 g/mol. The third-order valence-electron chi connectivity index (χ3n) is 4.94. The van der Waals surface area contributed by atoms with Gasteiger partial charge in [-0.15, -0.1) is 0 Å². The fourth-order valence-corrected chi connectivity index (χ4v) is 3.76. The largest absolute Gasteiger partial charge is 0.361 e. The first kappa shape index (κ1) is 16.0. The van der Waals surface area contributed by atoms with E-state index in [1.165, 1.54) is 12.3 Å². The fraction of sp³-hybridized carbons (Fsp3) is 0. The van der Waals surface area contributed by atoms with Crippen molar-refractivity contribution in [3.8, 4) is 0 Å². The van der Waals surface area contributed by atoms with Crippen LogP contribution in [0.5, 0.6) is 0 Å². The number of nitro groups is 1. The molecule has 0 radical (unpaired) electrons. The van der Waals surface area contributed by atoms with E-state index in [1.807, 2.05) is 24.3 Å². The van der Waals surface area contributed by atoms with Gasteiger partial charge in [-0.25, -0.2) is 0 Å². The van der Waals surface area contributed by atoms with Gasteiger partial charge in [0.05, 0.1) is 27.0 Å². The highest BCUT2D eigenvalue weighted by Crippen LogP contribution is 2.39. The molecule has 4 aromatic rings. The lowest BCUT2D eigenvalue weighted by molar-refractivity contribution is -0.383. The Bertz CT molecular complexity index is 1360. The topological polar surface area (TPSA) is 121 Å². The normalized spacial score (nSPS) is 14.3. The molecular formula is C20H12N4O4. The lowest BCUT2D eigenvalue weighted by Gasteiger charge is -2.03. The SMILES string of the molecule is O=C1NC(=O)C(c2c[nH]c3cccc([N+](=O)[O-])c23)=C1c1c[nH]c2ccccc12. The number of hydrogen-bond donors (Lipinski definition) is 3.